The van der Waals surface area contributed by atoms with Gasteiger partial charge in [0, 0.05) is 36.3 Å². The van der Waals surface area contributed by atoms with Crippen molar-refractivity contribution >= 4 is 5.82 Å². The van der Waals surface area contributed by atoms with Crippen LogP contribution in [0.5, 0.6) is 11.8 Å². The lowest BCUT2D eigenvalue weighted by molar-refractivity contribution is 0.151. The molecular weight excluding hydrogens is 632 g/mol. The van der Waals surface area contributed by atoms with E-state index in [1.165, 1.54) is 17.2 Å². The molecule has 0 unspecified atom stereocenters. The number of rotatable bonds is 11. The molecule has 0 spiro atoms. The van der Waals surface area contributed by atoms with E-state index in [-0.39, 0.29) is 5.56 Å². The first kappa shape index (κ1) is 43.9. The number of halogens is 2. The first-order valence-electron chi connectivity index (χ1n) is 17.6. The summed E-state index contributed by atoms with van der Waals surface area (Å²) in [4.78, 5) is 16.9. The number of hydrogen-bond acceptors (Lipinski definition) is 7. The summed E-state index contributed by atoms with van der Waals surface area (Å²) in [6, 6.07) is 15.1. The molecule has 276 valence electrons. The lowest BCUT2D eigenvalue weighted by atomic mass is 10.0. The third kappa shape index (κ3) is 18.0. The van der Waals surface area contributed by atoms with Crippen LogP contribution in [0.1, 0.15) is 141 Å². The largest absolute Gasteiger partial charge is 0.481 e. The van der Waals surface area contributed by atoms with Crippen LogP contribution < -0.4 is 14.8 Å². The van der Waals surface area contributed by atoms with Crippen LogP contribution in [0.2, 0.25) is 0 Å². The summed E-state index contributed by atoms with van der Waals surface area (Å²) in [5, 5.41) is 3.26. The summed E-state index contributed by atoms with van der Waals surface area (Å²) >= 11 is 0. The van der Waals surface area contributed by atoms with Gasteiger partial charge < -0.3 is 14.8 Å². The Morgan fingerprint density at radius 3 is 1.64 bits per heavy atom. The van der Waals surface area contributed by atoms with Gasteiger partial charge in [0.2, 0.25) is 11.8 Å². The van der Waals surface area contributed by atoms with E-state index in [0.717, 1.165) is 17.1 Å². The van der Waals surface area contributed by atoms with Gasteiger partial charge in [-0.3, -0.25) is 4.98 Å². The summed E-state index contributed by atoms with van der Waals surface area (Å²) in [6.07, 6.45) is 4.88. The average molecular weight is 694 g/mol. The van der Waals surface area contributed by atoms with Crippen molar-refractivity contribution in [1.82, 2.24) is 19.9 Å². The van der Waals surface area contributed by atoms with Crippen LogP contribution >= 0.6 is 0 Å². The number of hydrogen-bond donors (Lipinski definition) is 1. The van der Waals surface area contributed by atoms with Crippen LogP contribution in [0.3, 0.4) is 0 Å². The minimum Gasteiger partial charge on any atom is -0.481 e. The van der Waals surface area contributed by atoms with Crippen LogP contribution in [0.15, 0.2) is 73.3 Å². The van der Waals surface area contributed by atoms with E-state index in [2.05, 4.69) is 101 Å². The van der Waals surface area contributed by atoms with Crippen molar-refractivity contribution in [1.29, 1.82) is 0 Å². The topological polar surface area (TPSA) is 82.1 Å². The number of ether oxygens (including phenoxy) is 2. The molecule has 50 heavy (non-hydrogen) atoms. The van der Waals surface area contributed by atoms with E-state index < -0.39 is 6.43 Å². The molecule has 1 aromatic carbocycles. The van der Waals surface area contributed by atoms with Gasteiger partial charge in [0.1, 0.15) is 5.82 Å². The molecule has 0 radical (unpaired) electrons. The Hall–Kier alpha value is -4.14. The zero-order chi connectivity index (χ0) is 37.8. The highest BCUT2D eigenvalue weighted by Gasteiger charge is 2.08. The standard InChI is InChI=1S/C11H18N2O.C11H18N2.C10H12F2.C9H13NO/c1-8(2)7-14-11-6-12-5-10(13-11)9(3)4;1-8(2)10-5-6-11(12-7-10)13-9(3)4;1-7(2)8-4-3-5-9(6-8)10(11)12;1-7(2)8-4-5-9(11-3)10-6-8/h5-6,8-9H,7H2,1-4H3;5-9H,1-4H3,(H,12,13);3-7,10H,1-2H3;4-7H,1-3H3. The summed E-state index contributed by atoms with van der Waals surface area (Å²) < 4.78 is 34.8. The minimum absolute atomic E-state index is 0.112. The molecule has 1 N–H and O–H groups in total. The number of aromatic nitrogens is 4. The molecule has 9 heteroatoms. The second-order valence-corrected chi connectivity index (χ2v) is 14.0. The van der Waals surface area contributed by atoms with E-state index in [1.807, 2.05) is 50.5 Å². The summed E-state index contributed by atoms with van der Waals surface area (Å²) in [5.41, 5.74) is 4.58. The Morgan fingerprint density at radius 2 is 1.20 bits per heavy atom. The highest BCUT2D eigenvalue weighted by atomic mass is 19.3. The third-order valence-corrected chi connectivity index (χ3v) is 7.14. The highest BCUT2D eigenvalue weighted by molar-refractivity contribution is 5.36. The van der Waals surface area contributed by atoms with Crippen LogP contribution in [-0.4, -0.2) is 39.7 Å². The molecule has 0 amide bonds. The van der Waals surface area contributed by atoms with Crippen molar-refractivity contribution in [3.05, 3.63) is 101 Å². The molecule has 0 aliphatic heterocycles. The van der Waals surface area contributed by atoms with Gasteiger partial charge in [-0.2, -0.15) is 0 Å². The van der Waals surface area contributed by atoms with Gasteiger partial charge in [-0.1, -0.05) is 99.6 Å². The zero-order valence-electron chi connectivity index (χ0n) is 32.5. The molecule has 0 aliphatic carbocycles. The summed E-state index contributed by atoms with van der Waals surface area (Å²) in [5.74, 6) is 4.57. The number of anilines is 1. The van der Waals surface area contributed by atoms with Crippen molar-refractivity contribution in [3.63, 3.8) is 0 Å². The third-order valence-electron chi connectivity index (χ3n) is 7.14. The number of methoxy groups -OCH3 is 1. The lowest BCUT2D eigenvalue weighted by Gasteiger charge is -2.10. The normalized spacial score (nSPS) is 10.8. The second-order valence-electron chi connectivity index (χ2n) is 14.0. The predicted octanol–water partition coefficient (Wildman–Crippen LogP) is 11.6. The van der Waals surface area contributed by atoms with E-state index >= 15 is 0 Å². The maximum atomic E-state index is 12.2. The zero-order valence-corrected chi connectivity index (χ0v) is 32.5. The number of nitrogens with one attached hydrogen (secondary N) is 1. The summed E-state index contributed by atoms with van der Waals surface area (Å²) in [6.45, 7) is 25.9. The Morgan fingerprint density at radius 1 is 0.620 bits per heavy atom. The molecule has 0 bridgehead atoms. The van der Waals surface area contributed by atoms with Gasteiger partial charge in [-0.05, 0) is 72.3 Å². The van der Waals surface area contributed by atoms with Crippen LogP contribution in [0, 0.1) is 5.92 Å². The van der Waals surface area contributed by atoms with Crippen molar-refractivity contribution in [3.8, 4) is 11.8 Å². The second kappa shape index (κ2) is 23.3. The number of nitrogens with zero attached hydrogens (tertiary/aromatic N) is 4. The molecule has 4 aromatic rings. The molecule has 0 saturated carbocycles. The van der Waals surface area contributed by atoms with E-state index in [9.17, 15) is 8.78 Å². The molecule has 0 saturated heterocycles. The van der Waals surface area contributed by atoms with Crippen LogP contribution in [0.25, 0.3) is 0 Å². The predicted molar refractivity (Wildman–Crippen MR) is 204 cm³/mol. The fraction of sp³-hybridized carbons (Fsp3) is 0.512. The SMILES string of the molecule is CC(C)COc1cncc(C(C)C)n1.CC(C)Nc1ccc(C(C)C)cn1.CC(C)c1cccc(C(F)F)c1.COc1ccc(C(C)C)cn1. The molecule has 0 aliphatic rings. The molecule has 0 atom stereocenters. The van der Waals surface area contributed by atoms with E-state index in [4.69, 9.17) is 9.47 Å². The number of pyridine rings is 2. The monoisotopic (exact) mass is 693 g/mol. The van der Waals surface area contributed by atoms with Crippen molar-refractivity contribution in [2.75, 3.05) is 19.0 Å². The van der Waals surface area contributed by atoms with Crippen LogP contribution in [-0.2, 0) is 0 Å². The van der Waals surface area contributed by atoms with Gasteiger partial charge in [0.15, 0.2) is 0 Å². The molecule has 4 rings (SSSR count). The average Bonchev–Trinajstić information content (AvgIpc) is 3.08. The highest BCUT2D eigenvalue weighted by Crippen LogP contribution is 2.23. The van der Waals surface area contributed by atoms with Gasteiger partial charge in [0.05, 0.1) is 25.6 Å². The molecule has 0 fully saturated rings. The Balaban J connectivity index is 0.000000335. The first-order chi connectivity index (χ1) is 23.5. The minimum atomic E-state index is -2.36. The van der Waals surface area contributed by atoms with Gasteiger partial charge in [-0.15, -0.1) is 0 Å². The van der Waals surface area contributed by atoms with Crippen molar-refractivity contribution < 1.29 is 18.3 Å². The Bertz CT molecular complexity index is 1440. The number of alkyl halides is 2. The fourth-order valence-electron chi connectivity index (χ4n) is 4.00. The summed E-state index contributed by atoms with van der Waals surface area (Å²) in [7, 11) is 1.62. The lowest BCUT2D eigenvalue weighted by Crippen LogP contribution is -2.10. The number of benzene rings is 1. The maximum absolute atomic E-state index is 12.2. The smallest absolute Gasteiger partial charge is 0.263 e. The molecular formula is C41H61F2N5O2. The Labute approximate surface area is 300 Å². The van der Waals surface area contributed by atoms with E-state index in [1.54, 1.807) is 31.6 Å². The van der Waals surface area contributed by atoms with Crippen molar-refractivity contribution in [2.24, 2.45) is 5.92 Å². The molecule has 7 nitrogen and oxygen atoms in total. The Kier molecular flexibility index (Phi) is 20.4. The quantitative estimate of drug-likeness (QED) is 0.167. The van der Waals surface area contributed by atoms with Crippen LogP contribution in [0.4, 0.5) is 14.6 Å². The van der Waals surface area contributed by atoms with Gasteiger partial charge in [0.25, 0.3) is 6.43 Å². The van der Waals surface area contributed by atoms with Crippen molar-refractivity contribution in [2.45, 2.75) is 119 Å². The van der Waals surface area contributed by atoms with E-state index in [0.29, 0.717) is 54.0 Å². The van der Waals surface area contributed by atoms with Gasteiger partial charge in [-0.25, -0.2) is 23.7 Å². The maximum Gasteiger partial charge on any atom is 0.263 e. The fourth-order valence-corrected chi connectivity index (χ4v) is 4.00. The molecule has 3 heterocycles. The van der Waals surface area contributed by atoms with Gasteiger partial charge >= 0.3 is 0 Å². The first-order valence-corrected chi connectivity index (χ1v) is 17.6. The molecule has 3 aromatic heterocycles.